The summed E-state index contributed by atoms with van der Waals surface area (Å²) in [4.78, 5) is 0. The zero-order valence-electron chi connectivity index (χ0n) is 8.22. The van der Waals surface area contributed by atoms with E-state index in [0.29, 0.717) is 0 Å². The fourth-order valence-electron chi connectivity index (χ4n) is 1.16. The average molecular weight is 172 g/mol. The van der Waals surface area contributed by atoms with E-state index in [-0.39, 0.29) is 0 Å². The van der Waals surface area contributed by atoms with Gasteiger partial charge in [-0.15, -0.1) is 13.2 Å². The van der Waals surface area contributed by atoms with Gasteiger partial charge in [0.25, 0.3) is 0 Å². The number of rotatable bonds is 2. The Morgan fingerprint density at radius 3 is 2.08 bits per heavy atom. The van der Waals surface area contributed by atoms with Crippen LogP contribution in [0.15, 0.2) is 44.5 Å². The van der Waals surface area contributed by atoms with E-state index in [4.69, 9.17) is 0 Å². The molecule has 0 aliphatic heterocycles. The molecule has 0 saturated heterocycles. The van der Waals surface area contributed by atoms with Crippen LogP contribution in [0, 0.1) is 6.92 Å². The summed E-state index contributed by atoms with van der Waals surface area (Å²) in [5.74, 6) is 0. The zero-order chi connectivity index (χ0) is 10.3. The maximum atomic E-state index is 3.75. The van der Waals surface area contributed by atoms with Gasteiger partial charge in [0, 0.05) is 0 Å². The fourth-order valence-corrected chi connectivity index (χ4v) is 1.16. The summed E-state index contributed by atoms with van der Waals surface area (Å²) in [5.41, 5.74) is 3.58. The highest BCUT2D eigenvalue weighted by atomic mass is 14.0. The van der Waals surface area contributed by atoms with Gasteiger partial charge in [0.05, 0.1) is 0 Å². The van der Waals surface area contributed by atoms with Crippen molar-refractivity contribution in [3.05, 3.63) is 61.2 Å². The minimum atomic E-state index is 1.15. The van der Waals surface area contributed by atoms with Gasteiger partial charge in [0.1, 0.15) is 0 Å². The van der Waals surface area contributed by atoms with E-state index in [1.807, 2.05) is 24.3 Å². The molecule has 0 fully saturated rings. The third-order valence-corrected chi connectivity index (χ3v) is 1.78. The topological polar surface area (TPSA) is 0 Å². The van der Waals surface area contributed by atoms with Crippen LogP contribution in [0.25, 0.3) is 12.2 Å². The summed E-state index contributed by atoms with van der Waals surface area (Å²) in [7, 11) is 0. The van der Waals surface area contributed by atoms with E-state index in [1.54, 1.807) is 0 Å². The van der Waals surface area contributed by atoms with Crippen LogP contribution in [0.4, 0.5) is 0 Å². The Labute approximate surface area is 80.9 Å². The van der Waals surface area contributed by atoms with Crippen molar-refractivity contribution in [3.8, 4) is 0 Å². The predicted octanol–water partition coefficient (Wildman–Crippen LogP) is 4.08. The van der Waals surface area contributed by atoms with Crippen LogP contribution >= 0.6 is 0 Å². The number of hydrogen-bond acceptors (Lipinski definition) is 0. The molecule has 13 heavy (non-hydrogen) atoms. The Bertz CT molecular complexity index is 295. The molecule has 0 aliphatic rings. The van der Waals surface area contributed by atoms with Crippen molar-refractivity contribution < 1.29 is 0 Å². The van der Waals surface area contributed by atoms with Crippen molar-refractivity contribution in [1.29, 1.82) is 0 Å². The summed E-state index contributed by atoms with van der Waals surface area (Å²) in [6.07, 6.45) is 3.72. The lowest BCUT2D eigenvalue weighted by molar-refractivity contribution is 1.43. The second-order valence-corrected chi connectivity index (χ2v) is 2.49. The maximum absolute atomic E-state index is 3.75. The lowest BCUT2D eigenvalue weighted by Crippen LogP contribution is -1.83. The Hall–Kier alpha value is -1.56. The largest absolute Gasteiger partial charge is 0.106 e. The monoisotopic (exact) mass is 172 g/mol. The number of hydrogen-bond donors (Lipinski definition) is 0. The summed E-state index contributed by atoms with van der Waals surface area (Å²) in [6, 6.07) is 6.14. The van der Waals surface area contributed by atoms with Crippen LogP contribution in [-0.4, -0.2) is 0 Å². The zero-order valence-corrected chi connectivity index (χ0v) is 8.22. The number of benzene rings is 1. The predicted molar refractivity (Wildman–Crippen MR) is 62.6 cm³/mol. The first-order chi connectivity index (χ1) is 6.29. The third-order valence-electron chi connectivity index (χ3n) is 1.78. The first kappa shape index (κ1) is 11.4. The average Bonchev–Trinajstić information content (AvgIpc) is 2.20. The van der Waals surface area contributed by atoms with Gasteiger partial charge in [-0.3, -0.25) is 0 Å². The SMILES string of the molecule is C=C.C=Cc1cccc(C)c1C=C. The van der Waals surface area contributed by atoms with Gasteiger partial charge < -0.3 is 0 Å². The van der Waals surface area contributed by atoms with E-state index in [2.05, 4.69) is 39.3 Å². The molecule has 0 heteroatoms. The molecule has 68 valence electrons. The van der Waals surface area contributed by atoms with Crippen LogP contribution in [0.2, 0.25) is 0 Å². The van der Waals surface area contributed by atoms with E-state index < -0.39 is 0 Å². The second kappa shape index (κ2) is 6.01. The molecule has 0 unspecified atom stereocenters. The van der Waals surface area contributed by atoms with Crippen molar-refractivity contribution in [2.75, 3.05) is 0 Å². The van der Waals surface area contributed by atoms with Crippen molar-refractivity contribution in [3.63, 3.8) is 0 Å². The molecule has 1 aromatic rings. The van der Waals surface area contributed by atoms with E-state index in [0.717, 1.165) is 5.56 Å². The molecule has 0 atom stereocenters. The molecule has 0 aromatic heterocycles. The first-order valence-corrected chi connectivity index (χ1v) is 4.14. The Kier molecular flexibility index (Phi) is 5.29. The van der Waals surface area contributed by atoms with E-state index in [9.17, 15) is 0 Å². The molecule has 1 rings (SSSR count). The number of aryl methyl sites for hydroxylation is 1. The first-order valence-electron chi connectivity index (χ1n) is 4.14. The quantitative estimate of drug-likeness (QED) is 0.589. The minimum Gasteiger partial charge on any atom is -0.106 e. The normalized spacial score (nSPS) is 8.08. The summed E-state index contributed by atoms with van der Waals surface area (Å²) in [6.45, 7) is 15.6. The van der Waals surface area contributed by atoms with Gasteiger partial charge in [-0.25, -0.2) is 0 Å². The molecular formula is C13H16. The van der Waals surface area contributed by atoms with Gasteiger partial charge >= 0.3 is 0 Å². The molecule has 0 amide bonds. The Morgan fingerprint density at radius 1 is 1.08 bits per heavy atom. The lowest BCUT2D eigenvalue weighted by Gasteiger charge is -2.03. The summed E-state index contributed by atoms with van der Waals surface area (Å²) in [5, 5.41) is 0. The van der Waals surface area contributed by atoms with E-state index in [1.165, 1.54) is 11.1 Å². The highest BCUT2D eigenvalue weighted by molar-refractivity contribution is 5.65. The molecule has 0 nitrogen and oxygen atoms in total. The molecule has 0 heterocycles. The fraction of sp³-hybridized carbons (Fsp3) is 0.0769. The van der Waals surface area contributed by atoms with Gasteiger partial charge in [0.2, 0.25) is 0 Å². The van der Waals surface area contributed by atoms with Crippen LogP contribution in [0.1, 0.15) is 16.7 Å². The van der Waals surface area contributed by atoms with Crippen LogP contribution in [-0.2, 0) is 0 Å². The second-order valence-electron chi connectivity index (χ2n) is 2.49. The highest BCUT2D eigenvalue weighted by Crippen LogP contribution is 2.15. The van der Waals surface area contributed by atoms with Crippen LogP contribution in [0.3, 0.4) is 0 Å². The molecule has 0 radical (unpaired) electrons. The molecule has 1 aromatic carbocycles. The molecule has 0 saturated carbocycles. The Balaban J connectivity index is 0.000000671. The maximum Gasteiger partial charge on any atom is -0.0161 e. The lowest BCUT2D eigenvalue weighted by atomic mass is 10.0. The third kappa shape index (κ3) is 2.75. The standard InChI is InChI=1S/C11H12.C2H4/c1-4-10-8-6-7-9(3)11(10)5-2;1-2/h4-8H,1-2H2,3H3;1-2H2. The van der Waals surface area contributed by atoms with Crippen molar-refractivity contribution in [1.82, 2.24) is 0 Å². The highest BCUT2D eigenvalue weighted by Gasteiger charge is 1.96. The van der Waals surface area contributed by atoms with Crippen LogP contribution in [0.5, 0.6) is 0 Å². The van der Waals surface area contributed by atoms with E-state index >= 15 is 0 Å². The smallest absolute Gasteiger partial charge is 0.0161 e. The minimum absolute atomic E-state index is 1.15. The van der Waals surface area contributed by atoms with Gasteiger partial charge in [-0.1, -0.05) is 43.5 Å². The summed E-state index contributed by atoms with van der Waals surface area (Å²) >= 11 is 0. The van der Waals surface area contributed by atoms with Crippen LogP contribution < -0.4 is 0 Å². The van der Waals surface area contributed by atoms with Gasteiger partial charge in [0.15, 0.2) is 0 Å². The molecular weight excluding hydrogens is 156 g/mol. The molecule has 0 bridgehead atoms. The molecule has 0 spiro atoms. The summed E-state index contributed by atoms with van der Waals surface area (Å²) < 4.78 is 0. The van der Waals surface area contributed by atoms with Crippen molar-refractivity contribution >= 4 is 12.2 Å². The van der Waals surface area contributed by atoms with Gasteiger partial charge in [-0.2, -0.15) is 0 Å². The van der Waals surface area contributed by atoms with Gasteiger partial charge in [-0.05, 0) is 23.6 Å². The van der Waals surface area contributed by atoms with Crippen molar-refractivity contribution in [2.45, 2.75) is 6.92 Å². The molecule has 0 N–H and O–H groups in total. The Morgan fingerprint density at radius 2 is 1.69 bits per heavy atom. The van der Waals surface area contributed by atoms with Crippen molar-refractivity contribution in [2.24, 2.45) is 0 Å². The molecule has 0 aliphatic carbocycles.